The largest absolute Gasteiger partial charge is 0.465 e. The van der Waals surface area contributed by atoms with Crippen LogP contribution >= 0.6 is 0 Å². The molecule has 2 aromatic rings. The van der Waals surface area contributed by atoms with Crippen molar-refractivity contribution in [2.45, 2.75) is 83.9 Å². The fourth-order valence-electron chi connectivity index (χ4n) is 8.27. The molecule has 11 nitrogen and oxygen atoms in total. The van der Waals surface area contributed by atoms with Crippen molar-refractivity contribution in [3.05, 3.63) is 71.8 Å². The molecule has 0 aromatic heterocycles. The van der Waals surface area contributed by atoms with Gasteiger partial charge in [-0.2, -0.15) is 0 Å². The van der Waals surface area contributed by atoms with Crippen molar-refractivity contribution >= 4 is 29.8 Å². The average molecular weight is 651 g/mol. The molecule has 2 aliphatic carbocycles. The van der Waals surface area contributed by atoms with Crippen molar-refractivity contribution in [1.29, 1.82) is 0 Å². The molecule has 8 atom stereocenters. The first kappa shape index (κ1) is 34.1. The summed E-state index contributed by atoms with van der Waals surface area (Å²) in [6.07, 6.45) is -2.43. The van der Waals surface area contributed by atoms with E-state index >= 15 is 0 Å². The predicted molar refractivity (Wildman–Crippen MR) is 166 cm³/mol. The minimum absolute atomic E-state index is 0.136. The van der Waals surface area contributed by atoms with E-state index in [4.69, 9.17) is 28.4 Å². The Kier molecular flexibility index (Phi) is 9.50. The Morgan fingerprint density at radius 3 is 1.83 bits per heavy atom. The predicted octanol–water partition coefficient (Wildman–Crippen LogP) is 4.71. The SMILES string of the molecule is CC(=O)OCC1C(OC(C)=O)CC(C)C23OC(C)(C)C(CC(OC(=O)c4ccccc4)C12COC(C)=O)C3OC(=O)c1ccccc1. The fraction of sp³-hybridized carbons (Fsp3) is 0.528. The van der Waals surface area contributed by atoms with Gasteiger partial charge in [0, 0.05) is 32.6 Å². The molecule has 252 valence electrons. The van der Waals surface area contributed by atoms with Crippen molar-refractivity contribution in [2.75, 3.05) is 13.2 Å². The summed E-state index contributed by atoms with van der Waals surface area (Å²) >= 11 is 0. The van der Waals surface area contributed by atoms with Gasteiger partial charge in [-0.3, -0.25) is 14.4 Å². The van der Waals surface area contributed by atoms with Gasteiger partial charge in [0.1, 0.15) is 30.5 Å². The molecule has 3 aliphatic rings. The monoisotopic (exact) mass is 650 g/mol. The van der Waals surface area contributed by atoms with E-state index in [1.165, 1.54) is 20.8 Å². The molecule has 1 heterocycles. The quantitative estimate of drug-likeness (QED) is 0.275. The second-order valence-corrected chi connectivity index (χ2v) is 13.3. The van der Waals surface area contributed by atoms with Crippen LogP contribution in [0.1, 0.15) is 75.1 Å². The number of esters is 5. The molecule has 3 fully saturated rings. The lowest BCUT2D eigenvalue weighted by atomic mass is 9.45. The summed E-state index contributed by atoms with van der Waals surface area (Å²) in [6, 6.07) is 17.0. The Bertz CT molecular complexity index is 1510. The molecule has 1 spiro atoms. The summed E-state index contributed by atoms with van der Waals surface area (Å²) < 4.78 is 37.3. The molecule has 2 bridgehead atoms. The number of carbonyl (C=O) groups excluding carboxylic acids is 5. The summed E-state index contributed by atoms with van der Waals surface area (Å²) in [4.78, 5) is 64.9. The highest BCUT2D eigenvalue weighted by Gasteiger charge is 2.81. The van der Waals surface area contributed by atoms with E-state index in [1.807, 2.05) is 20.8 Å². The number of hydrogen-bond acceptors (Lipinski definition) is 11. The Balaban J connectivity index is 1.75. The Labute approximate surface area is 274 Å². The third-order valence-electron chi connectivity index (χ3n) is 10.1. The lowest BCUT2D eigenvalue weighted by Crippen LogP contribution is -2.77. The molecule has 8 unspecified atom stereocenters. The third kappa shape index (κ3) is 6.13. The molecular weight excluding hydrogens is 608 g/mol. The highest BCUT2D eigenvalue weighted by Crippen LogP contribution is 2.69. The lowest BCUT2D eigenvalue weighted by Gasteiger charge is -2.64. The van der Waals surface area contributed by atoms with Gasteiger partial charge in [-0.1, -0.05) is 43.3 Å². The van der Waals surface area contributed by atoms with E-state index < -0.39 is 82.5 Å². The van der Waals surface area contributed by atoms with Crippen LogP contribution in [-0.4, -0.2) is 72.6 Å². The van der Waals surface area contributed by atoms with Gasteiger partial charge >= 0.3 is 29.8 Å². The number of carbonyl (C=O) groups is 5. The normalized spacial score (nSPS) is 31.9. The highest BCUT2D eigenvalue weighted by atomic mass is 16.6. The first-order valence-corrected chi connectivity index (χ1v) is 15.9. The Morgan fingerprint density at radius 1 is 0.745 bits per heavy atom. The van der Waals surface area contributed by atoms with Crippen molar-refractivity contribution in [3.8, 4) is 0 Å². The first-order chi connectivity index (χ1) is 22.2. The van der Waals surface area contributed by atoms with Gasteiger partial charge < -0.3 is 28.4 Å². The van der Waals surface area contributed by atoms with E-state index in [1.54, 1.807) is 60.7 Å². The van der Waals surface area contributed by atoms with Crippen LogP contribution in [0.25, 0.3) is 0 Å². The molecular formula is C36H42O11. The molecule has 1 saturated heterocycles. The first-order valence-electron chi connectivity index (χ1n) is 15.9. The summed E-state index contributed by atoms with van der Waals surface area (Å²) in [6.45, 7) is 8.80. The Morgan fingerprint density at radius 2 is 1.30 bits per heavy atom. The minimum Gasteiger partial charge on any atom is -0.465 e. The molecule has 5 rings (SSSR count). The maximum Gasteiger partial charge on any atom is 0.338 e. The lowest BCUT2D eigenvalue weighted by molar-refractivity contribution is -0.307. The van der Waals surface area contributed by atoms with Gasteiger partial charge in [0.15, 0.2) is 0 Å². The number of hydrogen-bond donors (Lipinski definition) is 0. The molecule has 0 N–H and O–H groups in total. The molecule has 2 saturated carbocycles. The van der Waals surface area contributed by atoms with Crippen molar-refractivity contribution in [1.82, 2.24) is 0 Å². The zero-order chi connectivity index (χ0) is 34.1. The summed E-state index contributed by atoms with van der Waals surface area (Å²) in [7, 11) is 0. The van der Waals surface area contributed by atoms with Gasteiger partial charge in [0.25, 0.3) is 0 Å². The molecule has 47 heavy (non-hydrogen) atoms. The average Bonchev–Trinajstić information content (AvgIpc) is 3.18. The van der Waals surface area contributed by atoms with Gasteiger partial charge in [0.05, 0.1) is 28.7 Å². The topological polar surface area (TPSA) is 141 Å². The van der Waals surface area contributed by atoms with Crippen LogP contribution in [0.15, 0.2) is 60.7 Å². The Hall–Kier alpha value is -4.25. The van der Waals surface area contributed by atoms with Crippen LogP contribution in [0.3, 0.4) is 0 Å². The minimum atomic E-state index is -1.53. The van der Waals surface area contributed by atoms with Crippen LogP contribution in [0, 0.1) is 23.2 Å². The fourth-order valence-corrected chi connectivity index (χ4v) is 8.27. The van der Waals surface area contributed by atoms with Crippen LogP contribution < -0.4 is 0 Å². The molecule has 2 aromatic carbocycles. The zero-order valence-corrected chi connectivity index (χ0v) is 27.6. The van der Waals surface area contributed by atoms with Crippen LogP contribution in [0.4, 0.5) is 0 Å². The van der Waals surface area contributed by atoms with E-state index in [2.05, 4.69) is 0 Å². The number of ether oxygens (including phenoxy) is 6. The smallest absolute Gasteiger partial charge is 0.338 e. The van der Waals surface area contributed by atoms with Gasteiger partial charge in [-0.25, -0.2) is 9.59 Å². The van der Waals surface area contributed by atoms with Gasteiger partial charge in [0.2, 0.25) is 0 Å². The van der Waals surface area contributed by atoms with Crippen molar-refractivity contribution in [2.24, 2.45) is 23.2 Å². The number of benzene rings is 2. The second-order valence-electron chi connectivity index (χ2n) is 13.3. The molecule has 0 radical (unpaired) electrons. The summed E-state index contributed by atoms with van der Waals surface area (Å²) in [5, 5.41) is 0. The maximum absolute atomic E-state index is 13.8. The number of fused-ring (bicyclic) bond motifs is 1. The molecule has 0 amide bonds. The van der Waals surface area contributed by atoms with E-state index in [0.717, 1.165) is 0 Å². The molecule has 11 heteroatoms. The van der Waals surface area contributed by atoms with Crippen LogP contribution in [0.2, 0.25) is 0 Å². The standard InChI is InChI=1S/C36H42O11/c1-21-17-29(44-24(4)39)28(19-42-22(2)37)35(20-43-23(3)38)30(45-32(40)25-13-9-7-10-14-25)18-27-31(36(21,35)47-34(27,5)6)46-33(41)26-15-11-8-12-16-26/h7-16,21,27-31H,17-20H2,1-6H3. The van der Waals surface area contributed by atoms with Crippen LogP contribution in [-0.2, 0) is 42.8 Å². The second kappa shape index (κ2) is 13.1. The highest BCUT2D eigenvalue weighted by molar-refractivity contribution is 5.90. The van der Waals surface area contributed by atoms with E-state index in [9.17, 15) is 24.0 Å². The van der Waals surface area contributed by atoms with Crippen LogP contribution in [0.5, 0.6) is 0 Å². The number of rotatable bonds is 9. The van der Waals surface area contributed by atoms with E-state index in [0.29, 0.717) is 11.1 Å². The third-order valence-corrected chi connectivity index (χ3v) is 10.1. The molecule has 1 aliphatic heterocycles. The van der Waals surface area contributed by atoms with Crippen molar-refractivity contribution in [3.63, 3.8) is 0 Å². The summed E-state index contributed by atoms with van der Waals surface area (Å²) in [5.74, 6) is -4.87. The van der Waals surface area contributed by atoms with E-state index in [-0.39, 0.29) is 26.1 Å². The van der Waals surface area contributed by atoms with Crippen molar-refractivity contribution < 1.29 is 52.4 Å². The summed E-state index contributed by atoms with van der Waals surface area (Å²) in [5.41, 5.74) is -3.27. The van der Waals surface area contributed by atoms with Gasteiger partial charge in [-0.15, -0.1) is 0 Å². The maximum atomic E-state index is 13.8. The zero-order valence-electron chi connectivity index (χ0n) is 27.6. The van der Waals surface area contributed by atoms with Gasteiger partial charge in [-0.05, 0) is 56.9 Å².